The summed E-state index contributed by atoms with van der Waals surface area (Å²) in [5.41, 5.74) is 3.98. The third kappa shape index (κ3) is 2.27. The molecule has 2 aliphatic rings. The minimum Gasteiger partial charge on any atom is -0.298 e. The summed E-state index contributed by atoms with van der Waals surface area (Å²) >= 11 is 0. The van der Waals surface area contributed by atoms with Gasteiger partial charge in [-0.1, -0.05) is 6.08 Å². The van der Waals surface area contributed by atoms with Gasteiger partial charge in [0.25, 0.3) is 0 Å². The Balaban J connectivity index is 1.62. The molecular formula is C19H16F2N4. The maximum absolute atomic E-state index is 14.5. The van der Waals surface area contributed by atoms with Crippen LogP contribution in [0.25, 0.3) is 11.2 Å². The fourth-order valence-electron chi connectivity index (χ4n) is 3.44. The zero-order valence-electron chi connectivity index (χ0n) is 13.7. The lowest BCUT2D eigenvalue weighted by atomic mass is 10.0. The van der Waals surface area contributed by atoms with E-state index in [4.69, 9.17) is 0 Å². The molecule has 1 fully saturated rings. The number of hydrogen-bond acceptors (Lipinski definition) is 3. The molecule has 1 saturated carbocycles. The average molecular weight is 338 g/mol. The molecule has 0 N–H and O–H groups in total. The summed E-state index contributed by atoms with van der Waals surface area (Å²) in [5, 5.41) is 0. The number of alkyl halides is 1. The van der Waals surface area contributed by atoms with Gasteiger partial charge in [0.15, 0.2) is 11.5 Å². The molecule has 2 aliphatic carbocycles. The quantitative estimate of drug-likeness (QED) is 0.720. The summed E-state index contributed by atoms with van der Waals surface area (Å²) in [7, 11) is 0. The molecule has 4 nitrogen and oxygen atoms in total. The van der Waals surface area contributed by atoms with Crippen LogP contribution in [0.1, 0.15) is 60.2 Å². The van der Waals surface area contributed by atoms with Gasteiger partial charge in [0.2, 0.25) is 0 Å². The van der Waals surface area contributed by atoms with E-state index < -0.39 is 12.0 Å². The minimum atomic E-state index is -1.22. The highest BCUT2D eigenvalue weighted by Crippen LogP contribution is 2.40. The molecule has 126 valence electrons. The van der Waals surface area contributed by atoms with E-state index in [0.717, 1.165) is 35.5 Å². The van der Waals surface area contributed by atoms with Crippen molar-refractivity contribution in [2.24, 2.45) is 0 Å². The van der Waals surface area contributed by atoms with Crippen molar-refractivity contribution in [1.29, 1.82) is 0 Å². The van der Waals surface area contributed by atoms with Gasteiger partial charge in [-0.15, -0.1) is 0 Å². The first kappa shape index (κ1) is 14.7. The second kappa shape index (κ2) is 5.18. The Kier molecular flexibility index (Phi) is 3.04. The molecule has 25 heavy (non-hydrogen) atoms. The normalized spacial score (nSPS) is 17.6. The van der Waals surface area contributed by atoms with Crippen LogP contribution in [0.15, 0.2) is 30.7 Å². The highest BCUT2D eigenvalue weighted by atomic mass is 19.1. The Morgan fingerprint density at radius 3 is 2.84 bits per heavy atom. The van der Waals surface area contributed by atoms with E-state index in [1.807, 2.05) is 12.3 Å². The molecule has 1 unspecified atom stereocenters. The third-order valence-corrected chi connectivity index (χ3v) is 4.93. The lowest BCUT2D eigenvalue weighted by Gasteiger charge is -2.10. The fourth-order valence-corrected chi connectivity index (χ4v) is 3.44. The maximum Gasteiger partial charge on any atom is 0.173 e. The van der Waals surface area contributed by atoms with Crippen molar-refractivity contribution < 1.29 is 8.78 Å². The summed E-state index contributed by atoms with van der Waals surface area (Å²) < 4.78 is 29.7. The number of halogens is 2. The van der Waals surface area contributed by atoms with E-state index in [1.54, 1.807) is 6.20 Å². The van der Waals surface area contributed by atoms with Crippen molar-refractivity contribution in [3.05, 3.63) is 64.9 Å². The topological polar surface area (TPSA) is 43.1 Å². The monoisotopic (exact) mass is 338 g/mol. The summed E-state index contributed by atoms with van der Waals surface area (Å²) in [4.78, 5) is 13.2. The standard InChI is InChI=1S/C19H16F2N4/c1-10(20)17-8-23-19-15(21)6-12(9-25(17)19)13-4-5-16-14(13)7-22-18(24-16)11-2-3-11/h4,6-11H,2-3,5H2,1H3. The molecule has 3 aromatic rings. The number of aromatic nitrogens is 4. The zero-order chi connectivity index (χ0) is 17.1. The third-order valence-electron chi connectivity index (χ3n) is 4.93. The van der Waals surface area contributed by atoms with Crippen LogP contribution < -0.4 is 0 Å². The van der Waals surface area contributed by atoms with E-state index >= 15 is 0 Å². The number of pyridine rings is 1. The van der Waals surface area contributed by atoms with Crippen molar-refractivity contribution in [1.82, 2.24) is 19.4 Å². The number of rotatable bonds is 3. The molecule has 0 spiro atoms. The first-order valence-corrected chi connectivity index (χ1v) is 8.49. The lowest BCUT2D eigenvalue weighted by molar-refractivity contribution is 0.364. The van der Waals surface area contributed by atoms with Crippen LogP contribution in [0.3, 0.4) is 0 Å². The Bertz CT molecular complexity index is 1030. The number of hydrogen-bond donors (Lipinski definition) is 0. The minimum absolute atomic E-state index is 0.141. The van der Waals surface area contributed by atoms with Crippen molar-refractivity contribution in [3.8, 4) is 0 Å². The molecule has 3 heterocycles. The second-order valence-electron chi connectivity index (χ2n) is 6.75. The van der Waals surface area contributed by atoms with Crippen LogP contribution in [0.2, 0.25) is 0 Å². The van der Waals surface area contributed by atoms with E-state index in [0.29, 0.717) is 23.6 Å². The van der Waals surface area contributed by atoms with Crippen LogP contribution in [0.5, 0.6) is 0 Å². The molecule has 0 saturated heterocycles. The van der Waals surface area contributed by atoms with Gasteiger partial charge in [0, 0.05) is 35.9 Å². The number of imidazole rings is 1. The smallest absolute Gasteiger partial charge is 0.173 e. The van der Waals surface area contributed by atoms with Crippen LogP contribution in [0.4, 0.5) is 8.78 Å². The Hall–Kier alpha value is -2.63. The molecule has 1 atom stereocenters. The number of nitrogens with zero attached hydrogens (tertiary/aromatic N) is 4. The maximum atomic E-state index is 14.5. The predicted octanol–water partition coefficient (Wildman–Crippen LogP) is 4.16. The Labute approximate surface area is 143 Å². The van der Waals surface area contributed by atoms with Crippen LogP contribution in [0, 0.1) is 5.82 Å². The summed E-state index contributed by atoms with van der Waals surface area (Å²) in [5.74, 6) is 0.954. The largest absolute Gasteiger partial charge is 0.298 e. The van der Waals surface area contributed by atoms with Crippen LogP contribution in [-0.2, 0) is 6.42 Å². The summed E-state index contributed by atoms with van der Waals surface area (Å²) in [6.45, 7) is 1.42. The van der Waals surface area contributed by atoms with Gasteiger partial charge in [0.05, 0.1) is 17.6 Å². The highest BCUT2D eigenvalue weighted by Gasteiger charge is 2.28. The molecule has 0 amide bonds. The van der Waals surface area contributed by atoms with Gasteiger partial charge in [-0.05, 0) is 31.4 Å². The molecule has 6 heteroatoms. The summed E-state index contributed by atoms with van der Waals surface area (Å²) in [6.07, 6.45) is 8.80. The van der Waals surface area contributed by atoms with E-state index in [1.165, 1.54) is 23.6 Å². The fraction of sp³-hybridized carbons (Fsp3) is 0.316. The first-order valence-electron chi connectivity index (χ1n) is 8.49. The molecule has 5 rings (SSSR count). The van der Waals surface area contributed by atoms with Crippen LogP contribution >= 0.6 is 0 Å². The first-order chi connectivity index (χ1) is 12.1. The average Bonchev–Trinajstić information content (AvgIpc) is 3.21. The lowest BCUT2D eigenvalue weighted by Crippen LogP contribution is -2.01. The molecule has 0 radical (unpaired) electrons. The SMILES string of the molecule is CC(F)c1cnc2c(F)cc(C3=CCc4nc(C5CC5)ncc43)cn12. The number of allylic oxidation sites excluding steroid dienone is 1. The van der Waals surface area contributed by atoms with E-state index in [2.05, 4.69) is 15.0 Å². The molecule has 3 aromatic heterocycles. The highest BCUT2D eigenvalue weighted by molar-refractivity contribution is 5.83. The molecule has 0 aliphatic heterocycles. The van der Waals surface area contributed by atoms with E-state index in [9.17, 15) is 8.78 Å². The molecule has 0 bridgehead atoms. The molecule has 0 aromatic carbocycles. The molecular weight excluding hydrogens is 322 g/mol. The Morgan fingerprint density at radius 1 is 1.24 bits per heavy atom. The summed E-state index contributed by atoms with van der Waals surface area (Å²) in [6, 6.07) is 1.45. The number of fused-ring (bicyclic) bond motifs is 2. The van der Waals surface area contributed by atoms with Gasteiger partial charge in [-0.3, -0.25) is 4.40 Å². The predicted molar refractivity (Wildman–Crippen MR) is 89.5 cm³/mol. The van der Waals surface area contributed by atoms with Crippen LogP contribution in [-0.4, -0.2) is 19.4 Å². The van der Waals surface area contributed by atoms with E-state index in [-0.39, 0.29) is 5.65 Å². The van der Waals surface area contributed by atoms with Gasteiger partial charge < -0.3 is 0 Å². The van der Waals surface area contributed by atoms with Crippen molar-refractivity contribution in [2.75, 3.05) is 0 Å². The van der Waals surface area contributed by atoms with Gasteiger partial charge in [0.1, 0.15) is 12.0 Å². The van der Waals surface area contributed by atoms with Crippen molar-refractivity contribution >= 4 is 11.2 Å². The van der Waals surface area contributed by atoms with Gasteiger partial charge >= 0.3 is 0 Å². The van der Waals surface area contributed by atoms with Gasteiger partial charge in [-0.2, -0.15) is 0 Å². The van der Waals surface area contributed by atoms with Crippen molar-refractivity contribution in [3.63, 3.8) is 0 Å². The second-order valence-corrected chi connectivity index (χ2v) is 6.75. The van der Waals surface area contributed by atoms with Crippen molar-refractivity contribution in [2.45, 2.75) is 38.3 Å². The zero-order valence-corrected chi connectivity index (χ0v) is 13.7. The van der Waals surface area contributed by atoms with Gasteiger partial charge in [-0.25, -0.2) is 23.7 Å². The Morgan fingerprint density at radius 2 is 2.08 bits per heavy atom.